The Morgan fingerprint density at radius 1 is 0.900 bits per heavy atom. The van der Waals surface area contributed by atoms with Gasteiger partial charge in [0.05, 0.1) is 5.02 Å². The number of halogens is 3. The van der Waals surface area contributed by atoms with Gasteiger partial charge in [-0.1, -0.05) is 29.8 Å². The van der Waals surface area contributed by atoms with Crippen molar-refractivity contribution in [2.45, 2.75) is 25.9 Å². The fourth-order valence-corrected chi connectivity index (χ4v) is 2.29. The standard InChI is InChI=1S/C16H16ClF2N/c1-10(12-3-6-14(18)7-4-12)20-11(2)13-5-8-16(19)15(17)9-13/h3-11,20H,1-2H3. The highest BCUT2D eigenvalue weighted by Crippen LogP contribution is 2.23. The maximum Gasteiger partial charge on any atom is 0.141 e. The van der Waals surface area contributed by atoms with E-state index in [-0.39, 0.29) is 22.9 Å². The predicted molar refractivity (Wildman–Crippen MR) is 77.8 cm³/mol. The Morgan fingerprint density at radius 3 is 2.05 bits per heavy atom. The molecular formula is C16H16ClF2N. The van der Waals surface area contributed by atoms with Crippen molar-refractivity contribution in [2.24, 2.45) is 0 Å². The summed E-state index contributed by atoms with van der Waals surface area (Å²) in [7, 11) is 0. The van der Waals surface area contributed by atoms with E-state index in [2.05, 4.69) is 5.32 Å². The smallest absolute Gasteiger partial charge is 0.141 e. The monoisotopic (exact) mass is 295 g/mol. The molecule has 2 rings (SSSR count). The molecule has 106 valence electrons. The molecule has 0 aromatic heterocycles. The van der Waals surface area contributed by atoms with Crippen molar-refractivity contribution < 1.29 is 8.78 Å². The summed E-state index contributed by atoms with van der Waals surface area (Å²) in [5.41, 5.74) is 1.90. The summed E-state index contributed by atoms with van der Waals surface area (Å²) in [6, 6.07) is 11.1. The van der Waals surface area contributed by atoms with Crippen LogP contribution in [0.15, 0.2) is 42.5 Å². The molecule has 2 unspecified atom stereocenters. The first kappa shape index (κ1) is 14.9. The van der Waals surface area contributed by atoms with Crippen LogP contribution in [0.2, 0.25) is 5.02 Å². The van der Waals surface area contributed by atoms with Gasteiger partial charge in [-0.15, -0.1) is 0 Å². The van der Waals surface area contributed by atoms with Crippen molar-refractivity contribution in [1.82, 2.24) is 5.32 Å². The van der Waals surface area contributed by atoms with Gasteiger partial charge < -0.3 is 5.32 Å². The molecule has 1 N–H and O–H groups in total. The zero-order valence-electron chi connectivity index (χ0n) is 11.3. The van der Waals surface area contributed by atoms with E-state index in [1.807, 2.05) is 13.8 Å². The summed E-state index contributed by atoms with van der Waals surface area (Å²) in [5.74, 6) is -0.673. The third kappa shape index (κ3) is 3.56. The van der Waals surface area contributed by atoms with E-state index in [9.17, 15) is 8.78 Å². The van der Waals surface area contributed by atoms with Gasteiger partial charge in [-0.05, 0) is 49.2 Å². The summed E-state index contributed by atoms with van der Waals surface area (Å²) in [5, 5.41) is 3.49. The summed E-state index contributed by atoms with van der Waals surface area (Å²) >= 11 is 5.78. The molecule has 0 aliphatic rings. The minimum Gasteiger partial charge on any atom is -0.304 e. The molecule has 2 aromatic carbocycles. The van der Waals surface area contributed by atoms with Crippen LogP contribution in [0.5, 0.6) is 0 Å². The first-order valence-corrected chi connectivity index (χ1v) is 6.81. The highest BCUT2D eigenvalue weighted by Gasteiger charge is 2.12. The Kier molecular flexibility index (Phi) is 4.73. The van der Waals surface area contributed by atoms with Gasteiger partial charge in [-0.2, -0.15) is 0 Å². The first-order chi connectivity index (χ1) is 9.47. The molecule has 0 amide bonds. The first-order valence-electron chi connectivity index (χ1n) is 6.44. The molecule has 0 heterocycles. The lowest BCUT2D eigenvalue weighted by atomic mass is 10.0. The molecule has 0 spiro atoms. The molecular weight excluding hydrogens is 280 g/mol. The van der Waals surface area contributed by atoms with Crippen LogP contribution >= 0.6 is 11.6 Å². The van der Waals surface area contributed by atoms with Gasteiger partial charge in [0.15, 0.2) is 0 Å². The van der Waals surface area contributed by atoms with Gasteiger partial charge in [0.25, 0.3) is 0 Å². The van der Waals surface area contributed by atoms with Gasteiger partial charge in [0.2, 0.25) is 0 Å². The van der Waals surface area contributed by atoms with E-state index in [1.54, 1.807) is 24.3 Å². The molecule has 0 aliphatic heterocycles. The minimum atomic E-state index is -0.422. The largest absolute Gasteiger partial charge is 0.304 e. The molecule has 1 nitrogen and oxygen atoms in total. The number of rotatable bonds is 4. The second-order valence-corrected chi connectivity index (χ2v) is 5.24. The van der Waals surface area contributed by atoms with Crippen molar-refractivity contribution in [3.63, 3.8) is 0 Å². The van der Waals surface area contributed by atoms with Crippen molar-refractivity contribution in [2.75, 3.05) is 0 Å². The van der Waals surface area contributed by atoms with Gasteiger partial charge in [-0.25, -0.2) is 8.78 Å². The Labute approximate surface area is 122 Å². The lowest BCUT2D eigenvalue weighted by Gasteiger charge is -2.21. The molecule has 0 saturated heterocycles. The van der Waals surface area contributed by atoms with E-state index in [4.69, 9.17) is 11.6 Å². The molecule has 0 radical (unpaired) electrons. The van der Waals surface area contributed by atoms with Crippen LogP contribution in [0.4, 0.5) is 8.78 Å². The zero-order chi connectivity index (χ0) is 14.7. The van der Waals surface area contributed by atoms with Crippen molar-refractivity contribution in [3.05, 3.63) is 70.2 Å². The molecule has 0 saturated carbocycles. The second kappa shape index (κ2) is 6.33. The van der Waals surface area contributed by atoms with Gasteiger partial charge in [0.1, 0.15) is 11.6 Å². The van der Waals surface area contributed by atoms with Crippen LogP contribution in [-0.4, -0.2) is 0 Å². The summed E-state index contributed by atoms with van der Waals surface area (Å²) in [6.45, 7) is 3.97. The van der Waals surface area contributed by atoms with Crippen molar-refractivity contribution in [3.8, 4) is 0 Å². The lowest BCUT2D eigenvalue weighted by Crippen LogP contribution is -2.22. The average molecular weight is 296 g/mol. The van der Waals surface area contributed by atoms with Crippen LogP contribution in [-0.2, 0) is 0 Å². The second-order valence-electron chi connectivity index (χ2n) is 4.84. The number of hydrogen-bond donors (Lipinski definition) is 1. The zero-order valence-corrected chi connectivity index (χ0v) is 12.1. The van der Waals surface area contributed by atoms with Crippen LogP contribution in [0, 0.1) is 11.6 Å². The maximum absolute atomic E-state index is 13.1. The maximum atomic E-state index is 13.1. The van der Waals surface area contributed by atoms with E-state index >= 15 is 0 Å². The number of hydrogen-bond acceptors (Lipinski definition) is 1. The molecule has 0 fully saturated rings. The molecule has 0 aliphatic carbocycles. The van der Waals surface area contributed by atoms with E-state index in [0.29, 0.717) is 0 Å². The van der Waals surface area contributed by atoms with Crippen LogP contribution in [0.25, 0.3) is 0 Å². The molecule has 2 aromatic rings. The summed E-state index contributed by atoms with van der Waals surface area (Å²) < 4.78 is 26.0. The predicted octanol–water partition coefficient (Wildman–Crippen LogP) is 5.03. The lowest BCUT2D eigenvalue weighted by molar-refractivity contribution is 0.493. The highest BCUT2D eigenvalue weighted by molar-refractivity contribution is 6.30. The third-order valence-corrected chi connectivity index (χ3v) is 3.60. The van der Waals surface area contributed by atoms with E-state index in [1.165, 1.54) is 18.2 Å². The molecule has 4 heteroatoms. The minimum absolute atomic E-state index is 0.00755. The Bertz CT molecular complexity index is 584. The summed E-state index contributed by atoms with van der Waals surface area (Å²) in [4.78, 5) is 0. The molecule has 20 heavy (non-hydrogen) atoms. The molecule has 0 bridgehead atoms. The van der Waals surface area contributed by atoms with Crippen molar-refractivity contribution >= 4 is 11.6 Å². The van der Waals surface area contributed by atoms with Crippen LogP contribution in [0.3, 0.4) is 0 Å². The van der Waals surface area contributed by atoms with Gasteiger partial charge >= 0.3 is 0 Å². The fourth-order valence-electron chi connectivity index (χ4n) is 2.10. The molecule has 2 atom stereocenters. The van der Waals surface area contributed by atoms with Crippen LogP contribution in [0.1, 0.15) is 37.1 Å². The van der Waals surface area contributed by atoms with Crippen molar-refractivity contribution in [1.29, 1.82) is 0 Å². The third-order valence-electron chi connectivity index (χ3n) is 3.31. The van der Waals surface area contributed by atoms with Gasteiger partial charge in [-0.3, -0.25) is 0 Å². The average Bonchev–Trinajstić information content (AvgIpc) is 2.42. The normalized spacial score (nSPS) is 14.1. The topological polar surface area (TPSA) is 12.0 Å². The highest BCUT2D eigenvalue weighted by atomic mass is 35.5. The van der Waals surface area contributed by atoms with E-state index < -0.39 is 5.82 Å². The van der Waals surface area contributed by atoms with E-state index in [0.717, 1.165) is 11.1 Å². The quantitative estimate of drug-likeness (QED) is 0.834. The Balaban J connectivity index is 2.08. The number of benzene rings is 2. The van der Waals surface area contributed by atoms with Gasteiger partial charge in [0, 0.05) is 12.1 Å². The number of nitrogens with one attached hydrogen (secondary N) is 1. The summed E-state index contributed by atoms with van der Waals surface area (Å²) in [6.07, 6.45) is 0. The fraction of sp³-hybridized carbons (Fsp3) is 0.250. The Morgan fingerprint density at radius 2 is 1.45 bits per heavy atom. The SMILES string of the molecule is CC(NC(C)c1ccc(F)c(Cl)c1)c1ccc(F)cc1. The Hall–Kier alpha value is -1.45. The van der Waals surface area contributed by atoms with Crippen LogP contribution < -0.4 is 5.32 Å².